The van der Waals surface area contributed by atoms with Crippen molar-refractivity contribution in [2.24, 2.45) is 0 Å². The fourth-order valence-corrected chi connectivity index (χ4v) is 4.00. The molecule has 27 heavy (non-hydrogen) atoms. The number of carbonyl (C=O) groups is 2. The fraction of sp³-hybridized carbons (Fsp3) is 0.476. The normalized spacial score (nSPS) is 19.8. The summed E-state index contributed by atoms with van der Waals surface area (Å²) in [5.74, 6) is 0.149. The van der Waals surface area contributed by atoms with E-state index in [0.29, 0.717) is 5.56 Å². The zero-order valence-corrected chi connectivity index (χ0v) is 16.4. The lowest BCUT2D eigenvalue weighted by atomic mass is 9.97. The van der Waals surface area contributed by atoms with E-state index in [4.69, 9.17) is 4.74 Å². The molecule has 1 aliphatic heterocycles. The molecule has 2 aromatic heterocycles. The summed E-state index contributed by atoms with van der Waals surface area (Å²) < 4.78 is 7.27. The third-order valence-corrected chi connectivity index (χ3v) is 5.34. The molecule has 0 N–H and O–H groups in total. The summed E-state index contributed by atoms with van der Waals surface area (Å²) in [5.41, 5.74) is 2.11. The van der Waals surface area contributed by atoms with Gasteiger partial charge in [0.1, 0.15) is 5.82 Å². The van der Waals surface area contributed by atoms with Gasteiger partial charge in [-0.1, -0.05) is 6.07 Å². The molecule has 3 rings (SSSR count). The third-order valence-electron chi connectivity index (χ3n) is 5.34. The Morgan fingerprint density at radius 3 is 2.52 bits per heavy atom. The second kappa shape index (κ2) is 7.94. The van der Waals surface area contributed by atoms with Gasteiger partial charge >= 0.3 is 5.97 Å². The molecule has 1 saturated heterocycles. The van der Waals surface area contributed by atoms with Gasteiger partial charge in [-0.15, -0.1) is 0 Å². The van der Waals surface area contributed by atoms with E-state index in [1.807, 2.05) is 41.5 Å². The van der Waals surface area contributed by atoms with Crippen molar-refractivity contribution in [3.8, 4) is 5.82 Å². The molecule has 3 heterocycles. The quantitative estimate of drug-likeness (QED) is 0.775. The first-order valence-corrected chi connectivity index (χ1v) is 9.48. The molecule has 144 valence electrons. The molecule has 1 fully saturated rings. The molecule has 0 saturated carbocycles. The highest BCUT2D eigenvalue weighted by atomic mass is 16.5. The molecular formula is C21H27N3O3. The number of pyridine rings is 1. The second-order valence-electron chi connectivity index (χ2n) is 7.31. The SMILES string of the molecule is Cc1cc(C(=O)OCC(=O)N2C(C)CCCC2C)c(C)n1-c1ccccn1. The second-order valence-corrected chi connectivity index (χ2v) is 7.31. The van der Waals surface area contributed by atoms with Gasteiger partial charge in [0.05, 0.1) is 5.56 Å². The number of hydrogen-bond donors (Lipinski definition) is 0. The van der Waals surface area contributed by atoms with Gasteiger partial charge in [0.15, 0.2) is 6.61 Å². The summed E-state index contributed by atoms with van der Waals surface area (Å²) in [5, 5.41) is 0. The Morgan fingerprint density at radius 2 is 1.89 bits per heavy atom. The number of carbonyl (C=O) groups excluding carboxylic acids is 2. The smallest absolute Gasteiger partial charge is 0.340 e. The topological polar surface area (TPSA) is 64.4 Å². The van der Waals surface area contributed by atoms with Crippen LogP contribution in [-0.2, 0) is 9.53 Å². The number of likely N-dealkylation sites (tertiary alicyclic amines) is 1. The van der Waals surface area contributed by atoms with Gasteiger partial charge in [0, 0.05) is 29.7 Å². The highest BCUT2D eigenvalue weighted by molar-refractivity contribution is 5.93. The average molecular weight is 369 g/mol. The number of esters is 1. The molecule has 0 aromatic carbocycles. The molecule has 1 aliphatic rings. The van der Waals surface area contributed by atoms with Crippen LogP contribution in [0.15, 0.2) is 30.5 Å². The van der Waals surface area contributed by atoms with Crippen molar-refractivity contribution < 1.29 is 14.3 Å². The van der Waals surface area contributed by atoms with Gasteiger partial charge < -0.3 is 14.2 Å². The number of piperidine rings is 1. The maximum Gasteiger partial charge on any atom is 0.340 e. The van der Waals surface area contributed by atoms with E-state index in [9.17, 15) is 9.59 Å². The Morgan fingerprint density at radius 1 is 1.19 bits per heavy atom. The number of nitrogens with zero attached hydrogens (tertiary/aromatic N) is 3. The lowest BCUT2D eigenvalue weighted by Gasteiger charge is -2.38. The Hall–Kier alpha value is -2.63. The maximum atomic E-state index is 12.6. The monoisotopic (exact) mass is 369 g/mol. The highest BCUT2D eigenvalue weighted by Crippen LogP contribution is 2.23. The standard InChI is InChI=1S/C21H27N3O3/c1-14-8-7-9-15(2)23(14)20(25)13-27-21(26)18-12-16(3)24(17(18)4)19-10-5-6-11-22-19/h5-6,10-12,14-15H,7-9,13H2,1-4H3. The van der Waals surface area contributed by atoms with Gasteiger partial charge in [-0.2, -0.15) is 0 Å². The molecule has 0 radical (unpaired) electrons. The van der Waals surface area contributed by atoms with Gasteiger partial charge in [-0.3, -0.25) is 4.79 Å². The van der Waals surface area contributed by atoms with Gasteiger partial charge in [-0.25, -0.2) is 9.78 Å². The number of aromatic nitrogens is 2. The maximum absolute atomic E-state index is 12.6. The van der Waals surface area contributed by atoms with E-state index in [2.05, 4.69) is 18.8 Å². The summed E-state index contributed by atoms with van der Waals surface area (Å²) >= 11 is 0. The highest BCUT2D eigenvalue weighted by Gasteiger charge is 2.29. The van der Waals surface area contributed by atoms with Crippen molar-refractivity contribution in [3.05, 3.63) is 47.4 Å². The largest absolute Gasteiger partial charge is 0.452 e. The van der Waals surface area contributed by atoms with Crippen molar-refractivity contribution in [2.45, 2.75) is 59.0 Å². The van der Waals surface area contributed by atoms with Crippen LogP contribution in [0.5, 0.6) is 0 Å². The molecule has 0 bridgehead atoms. The van der Waals surface area contributed by atoms with Crippen LogP contribution in [0.3, 0.4) is 0 Å². The van der Waals surface area contributed by atoms with E-state index in [1.165, 1.54) is 0 Å². The van der Waals surface area contributed by atoms with E-state index >= 15 is 0 Å². The number of rotatable bonds is 4. The van der Waals surface area contributed by atoms with Crippen molar-refractivity contribution in [1.82, 2.24) is 14.5 Å². The van der Waals surface area contributed by atoms with Crippen LogP contribution >= 0.6 is 0 Å². The van der Waals surface area contributed by atoms with Crippen LogP contribution in [0.4, 0.5) is 0 Å². The first kappa shape index (κ1) is 19.1. The summed E-state index contributed by atoms with van der Waals surface area (Å²) in [6, 6.07) is 7.80. The first-order chi connectivity index (χ1) is 12.9. The van der Waals surface area contributed by atoms with Crippen LogP contribution in [0.1, 0.15) is 54.9 Å². The van der Waals surface area contributed by atoms with Crippen molar-refractivity contribution in [2.75, 3.05) is 6.61 Å². The van der Waals surface area contributed by atoms with Crippen LogP contribution < -0.4 is 0 Å². The van der Waals surface area contributed by atoms with Crippen LogP contribution in [0, 0.1) is 13.8 Å². The zero-order valence-electron chi connectivity index (χ0n) is 16.4. The molecule has 2 unspecified atom stereocenters. The molecule has 1 amide bonds. The predicted octanol–water partition coefficient (Wildman–Crippen LogP) is 3.44. The van der Waals surface area contributed by atoms with Gasteiger partial charge in [0.2, 0.25) is 0 Å². The molecule has 2 aromatic rings. The molecule has 2 atom stereocenters. The van der Waals surface area contributed by atoms with E-state index in [1.54, 1.807) is 12.3 Å². The Kier molecular flexibility index (Phi) is 5.63. The molecule has 6 heteroatoms. The van der Waals surface area contributed by atoms with Crippen molar-refractivity contribution >= 4 is 11.9 Å². The Balaban J connectivity index is 1.71. The predicted molar refractivity (Wildman–Crippen MR) is 103 cm³/mol. The van der Waals surface area contributed by atoms with Crippen molar-refractivity contribution in [3.63, 3.8) is 0 Å². The average Bonchev–Trinajstić information content (AvgIpc) is 2.94. The summed E-state index contributed by atoms with van der Waals surface area (Å²) in [7, 11) is 0. The van der Waals surface area contributed by atoms with E-state index in [0.717, 1.165) is 36.5 Å². The lowest BCUT2D eigenvalue weighted by Crippen LogP contribution is -2.49. The summed E-state index contributed by atoms with van der Waals surface area (Å²) in [4.78, 5) is 31.4. The number of amides is 1. The van der Waals surface area contributed by atoms with E-state index < -0.39 is 5.97 Å². The Bertz CT molecular complexity index is 819. The van der Waals surface area contributed by atoms with Gasteiger partial charge in [0.25, 0.3) is 5.91 Å². The third kappa shape index (κ3) is 3.89. The molecule has 0 aliphatic carbocycles. The summed E-state index contributed by atoms with van der Waals surface area (Å²) in [6.45, 7) is 7.65. The summed E-state index contributed by atoms with van der Waals surface area (Å²) in [6.07, 6.45) is 4.84. The van der Waals surface area contributed by atoms with Crippen molar-refractivity contribution in [1.29, 1.82) is 0 Å². The number of ether oxygens (including phenoxy) is 1. The number of aryl methyl sites for hydroxylation is 1. The first-order valence-electron chi connectivity index (χ1n) is 9.48. The van der Waals surface area contributed by atoms with E-state index in [-0.39, 0.29) is 24.6 Å². The fourth-order valence-electron chi connectivity index (χ4n) is 4.00. The van der Waals surface area contributed by atoms with Gasteiger partial charge in [-0.05, 0) is 65.2 Å². The number of hydrogen-bond acceptors (Lipinski definition) is 4. The minimum absolute atomic E-state index is 0.124. The van der Waals surface area contributed by atoms with Crippen LogP contribution in [0.25, 0.3) is 5.82 Å². The molecule has 6 nitrogen and oxygen atoms in total. The molecular weight excluding hydrogens is 342 g/mol. The Labute approximate surface area is 160 Å². The van der Waals surface area contributed by atoms with Crippen LogP contribution in [0.2, 0.25) is 0 Å². The minimum atomic E-state index is -0.476. The minimum Gasteiger partial charge on any atom is -0.452 e. The zero-order chi connectivity index (χ0) is 19.6. The molecule has 0 spiro atoms. The van der Waals surface area contributed by atoms with Crippen LogP contribution in [-0.4, -0.2) is 45.0 Å². The lowest BCUT2D eigenvalue weighted by molar-refractivity contribution is -0.140.